The van der Waals surface area contributed by atoms with Gasteiger partial charge in [0.2, 0.25) is 10.0 Å². The number of carbonyl (C=O) groups excluding carboxylic acids is 1. The Balaban J connectivity index is 1.59. The first-order chi connectivity index (χ1) is 17.3. The first-order valence-electron chi connectivity index (χ1n) is 11.7. The Morgan fingerprint density at radius 2 is 1.78 bits per heavy atom. The second kappa shape index (κ2) is 11.3. The Morgan fingerprint density at radius 1 is 1.06 bits per heavy atom. The highest BCUT2D eigenvalue weighted by molar-refractivity contribution is 7.89. The lowest BCUT2D eigenvalue weighted by atomic mass is 10.2. The number of benzene rings is 3. The summed E-state index contributed by atoms with van der Waals surface area (Å²) in [7, 11) is -2.16. The standard InChI is InChI=1S/C27H29N3O4S2/c1-4-34-17-16-30-24-15-10-20(2)18-25(24)35-27(30)28-26(31)22-11-13-23(14-12-22)36(32,33)29(3)19-21-8-6-5-7-9-21/h5-15,18H,4,16-17,19H2,1-3H3. The molecule has 0 aliphatic heterocycles. The van der Waals surface area contributed by atoms with Crippen LogP contribution in [0.1, 0.15) is 28.4 Å². The van der Waals surface area contributed by atoms with Crippen molar-refractivity contribution in [1.82, 2.24) is 8.87 Å². The summed E-state index contributed by atoms with van der Waals surface area (Å²) in [6, 6.07) is 21.5. The molecule has 0 atom stereocenters. The number of sulfonamides is 1. The van der Waals surface area contributed by atoms with Crippen LogP contribution in [0.5, 0.6) is 0 Å². The van der Waals surface area contributed by atoms with E-state index in [4.69, 9.17) is 4.74 Å². The van der Waals surface area contributed by atoms with Gasteiger partial charge in [-0.2, -0.15) is 9.30 Å². The topological polar surface area (TPSA) is 81.0 Å². The number of aryl methyl sites for hydroxylation is 1. The normalized spacial score (nSPS) is 12.5. The summed E-state index contributed by atoms with van der Waals surface area (Å²) in [5, 5.41) is 0. The molecule has 9 heteroatoms. The Labute approximate surface area is 215 Å². The summed E-state index contributed by atoms with van der Waals surface area (Å²) in [4.78, 5) is 18.1. The minimum Gasteiger partial charge on any atom is -0.380 e. The highest BCUT2D eigenvalue weighted by Gasteiger charge is 2.21. The summed E-state index contributed by atoms with van der Waals surface area (Å²) >= 11 is 1.45. The van der Waals surface area contributed by atoms with Gasteiger partial charge in [0.1, 0.15) is 0 Å². The van der Waals surface area contributed by atoms with Gasteiger partial charge in [0, 0.05) is 32.3 Å². The highest BCUT2D eigenvalue weighted by atomic mass is 32.2. The maximum atomic E-state index is 13.0. The molecule has 1 heterocycles. The van der Waals surface area contributed by atoms with Crippen LogP contribution in [0, 0.1) is 6.92 Å². The molecule has 188 valence electrons. The summed E-state index contributed by atoms with van der Waals surface area (Å²) in [6.45, 7) is 5.93. The van der Waals surface area contributed by atoms with Crippen LogP contribution >= 0.6 is 11.3 Å². The monoisotopic (exact) mass is 523 g/mol. The predicted octanol–water partition coefficient (Wildman–Crippen LogP) is 4.61. The average molecular weight is 524 g/mol. The minimum absolute atomic E-state index is 0.126. The number of ether oxygens (including phenoxy) is 1. The molecule has 4 rings (SSSR count). The van der Waals surface area contributed by atoms with Gasteiger partial charge in [-0.25, -0.2) is 8.42 Å². The van der Waals surface area contributed by atoms with Gasteiger partial charge in [-0.15, -0.1) is 0 Å². The third-order valence-corrected chi connectivity index (χ3v) is 8.62. The van der Waals surface area contributed by atoms with Gasteiger partial charge in [-0.1, -0.05) is 47.7 Å². The summed E-state index contributed by atoms with van der Waals surface area (Å²) in [6.07, 6.45) is 0. The van der Waals surface area contributed by atoms with Crippen molar-refractivity contribution in [2.75, 3.05) is 20.3 Å². The van der Waals surface area contributed by atoms with Crippen LogP contribution < -0.4 is 4.80 Å². The van der Waals surface area contributed by atoms with Crippen LogP contribution in [0.2, 0.25) is 0 Å². The van der Waals surface area contributed by atoms with Crippen molar-refractivity contribution < 1.29 is 17.9 Å². The summed E-state index contributed by atoms with van der Waals surface area (Å²) in [5.41, 5.74) is 3.35. The molecule has 36 heavy (non-hydrogen) atoms. The molecule has 0 spiro atoms. The SMILES string of the molecule is CCOCCn1c(=NC(=O)c2ccc(S(=O)(=O)N(C)Cc3ccccc3)cc2)sc2cc(C)ccc21. The molecule has 0 saturated carbocycles. The fourth-order valence-electron chi connectivity index (χ4n) is 3.81. The lowest BCUT2D eigenvalue weighted by molar-refractivity contribution is 0.0996. The van der Waals surface area contributed by atoms with E-state index < -0.39 is 15.9 Å². The molecule has 1 amide bonds. The van der Waals surface area contributed by atoms with Crippen LogP contribution in [0.4, 0.5) is 0 Å². The quantitative estimate of drug-likeness (QED) is 0.300. The van der Waals surface area contributed by atoms with Crippen molar-refractivity contribution in [3.63, 3.8) is 0 Å². The Bertz CT molecular complexity index is 1520. The average Bonchev–Trinajstić information content (AvgIpc) is 3.20. The lowest BCUT2D eigenvalue weighted by Crippen LogP contribution is -2.26. The predicted molar refractivity (Wildman–Crippen MR) is 142 cm³/mol. The zero-order chi connectivity index (χ0) is 25.7. The first-order valence-corrected chi connectivity index (χ1v) is 13.9. The largest absolute Gasteiger partial charge is 0.380 e. The summed E-state index contributed by atoms with van der Waals surface area (Å²) in [5.74, 6) is -0.426. The van der Waals surface area contributed by atoms with E-state index in [0.717, 1.165) is 21.3 Å². The summed E-state index contributed by atoms with van der Waals surface area (Å²) < 4.78 is 35.9. The zero-order valence-corrected chi connectivity index (χ0v) is 22.2. The Kier molecular flexibility index (Phi) is 8.15. The molecule has 0 aliphatic carbocycles. The van der Waals surface area contributed by atoms with Crippen LogP contribution in [0.15, 0.2) is 82.7 Å². The molecule has 0 saturated heterocycles. The van der Waals surface area contributed by atoms with Crippen molar-refractivity contribution in [2.24, 2.45) is 4.99 Å². The van der Waals surface area contributed by atoms with E-state index >= 15 is 0 Å². The number of rotatable bonds is 9. The lowest BCUT2D eigenvalue weighted by Gasteiger charge is -2.17. The molecule has 1 aromatic heterocycles. The van der Waals surface area contributed by atoms with Gasteiger partial charge < -0.3 is 9.30 Å². The molecule has 0 N–H and O–H groups in total. The van der Waals surface area contributed by atoms with Crippen molar-refractivity contribution in [1.29, 1.82) is 0 Å². The smallest absolute Gasteiger partial charge is 0.279 e. The fourth-order valence-corrected chi connectivity index (χ4v) is 6.12. The van der Waals surface area contributed by atoms with E-state index in [1.807, 2.05) is 60.9 Å². The van der Waals surface area contributed by atoms with Gasteiger partial charge in [0.25, 0.3) is 5.91 Å². The van der Waals surface area contributed by atoms with Crippen LogP contribution in [0.25, 0.3) is 10.2 Å². The number of carbonyl (C=O) groups is 1. The Hall–Kier alpha value is -3.11. The van der Waals surface area contributed by atoms with E-state index in [2.05, 4.69) is 11.1 Å². The first kappa shape index (κ1) is 26.0. The molecule has 0 fully saturated rings. The second-order valence-electron chi connectivity index (χ2n) is 8.39. The number of hydrogen-bond donors (Lipinski definition) is 0. The van der Waals surface area contributed by atoms with Crippen molar-refractivity contribution in [3.05, 3.63) is 94.3 Å². The van der Waals surface area contributed by atoms with Gasteiger partial charge in [-0.05, 0) is 61.4 Å². The maximum Gasteiger partial charge on any atom is 0.279 e. The van der Waals surface area contributed by atoms with Crippen molar-refractivity contribution in [3.8, 4) is 0 Å². The van der Waals surface area contributed by atoms with Crippen molar-refractivity contribution >= 4 is 37.5 Å². The third-order valence-electron chi connectivity index (χ3n) is 5.76. The number of amides is 1. The van der Waals surface area contributed by atoms with Crippen LogP contribution in [-0.2, 0) is 27.8 Å². The van der Waals surface area contributed by atoms with Crippen molar-refractivity contribution in [2.45, 2.75) is 31.8 Å². The van der Waals surface area contributed by atoms with E-state index in [9.17, 15) is 13.2 Å². The van der Waals surface area contributed by atoms with E-state index in [1.165, 1.54) is 39.9 Å². The maximum absolute atomic E-state index is 13.0. The molecule has 0 bridgehead atoms. The number of fused-ring (bicyclic) bond motifs is 1. The number of aromatic nitrogens is 1. The molecule has 0 radical (unpaired) electrons. The van der Waals surface area contributed by atoms with Crippen LogP contribution in [0.3, 0.4) is 0 Å². The number of hydrogen-bond acceptors (Lipinski definition) is 5. The molecule has 0 unspecified atom stereocenters. The zero-order valence-electron chi connectivity index (χ0n) is 20.5. The van der Waals surface area contributed by atoms with E-state index in [1.54, 1.807) is 7.05 Å². The van der Waals surface area contributed by atoms with Gasteiger partial charge in [-0.3, -0.25) is 4.79 Å². The molecular weight excluding hydrogens is 494 g/mol. The van der Waals surface area contributed by atoms with Crippen LogP contribution in [-0.4, -0.2) is 43.5 Å². The van der Waals surface area contributed by atoms with E-state index in [0.29, 0.717) is 30.1 Å². The second-order valence-corrected chi connectivity index (χ2v) is 11.4. The molecular formula is C27H29N3O4S2. The fraction of sp³-hybridized carbons (Fsp3) is 0.259. The Morgan fingerprint density at radius 3 is 2.47 bits per heavy atom. The van der Waals surface area contributed by atoms with Gasteiger partial charge >= 0.3 is 0 Å². The van der Waals surface area contributed by atoms with Gasteiger partial charge in [0.05, 0.1) is 21.7 Å². The van der Waals surface area contributed by atoms with Gasteiger partial charge in [0.15, 0.2) is 4.80 Å². The highest BCUT2D eigenvalue weighted by Crippen LogP contribution is 2.20. The van der Waals surface area contributed by atoms with E-state index in [-0.39, 0.29) is 11.4 Å². The molecule has 3 aromatic carbocycles. The number of thiazole rings is 1. The molecule has 0 aliphatic rings. The molecule has 4 aromatic rings. The third kappa shape index (κ3) is 5.82. The minimum atomic E-state index is -3.70. The number of nitrogens with zero attached hydrogens (tertiary/aromatic N) is 3. The molecule has 7 nitrogen and oxygen atoms in total.